The third-order valence-electron chi connectivity index (χ3n) is 6.70. The van der Waals surface area contributed by atoms with Gasteiger partial charge in [-0.2, -0.15) is 0 Å². The van der Waals surface area contributed by atoms with Gasteiger partial charge in [-0.05, 0) is 61.7 Å². The molecule has 0 spiro atoms. The van der Waals surface area contributed by atoms with E-state index in [0.29, 0.717) is 13.0 Å². The van der Waals surface area contributed by atoms with Gasteiger partial charge < -0.3 is 14.2 Å². The van der Waals surface area contributed by atoms with Gasteiger partial charge in [0.25, 0.3) is 0 Å². The predicted octanol–water partition coefficient (Wildman–Crippen LogP) is 5.54. The van der Waals surface area contributed by atoms with Crippen molar-refractivity contribution < 1.29 is 9.53 Å². The van der Waals surface area contributed by atoms with Crippen molar-refractivity contribution in [3.63, 3.8) is 0 Å². The third-order valence-corrected chi connectivity index (χ3v) is 6.70. The Bertz CT molecular complexity index is 1330. The molecule has 0 radical (unpaired) electrons. The van der Waals surface area contributed by atoms with Crippen LogP contribution in [0, 0.1) is 20.8 Å². The summed E-state index contributed by atoms with van der Waals surface area (Å²) in [6.45, 7) is 7.85. The van der Waals surface area contributed by atoms with Crippen LogP contribution in [0.1, 0.15) is 40.4 Å². The second-order valence-corrected chi connectivity index (χ2v) is 9.03. The number of nitrogens with zero attached hydrogens (tertiary/aromatic N) is 3. The van der Waals surface area contributed by atoms with Crippen LogP contribution in [0.4, 0.5) is 5.69 Å². The molecule has 1 saturated heterocycles. The summed E-state index contributed by atoms with van der Waals surface area (Å²) in [5, 5.41) is 0. The SMILES string of the molecule is COc1cccc(N2CC(c3nc4ccccc4n3Cc3c(C)cc(C)cc3C)CC2=O)c1. The summed E-state index contributed by atoms with van der Waals surface area (Å²) in [5.41, 5.74) is 8.13. The van der Waals surface area contributed by atoms with E-state index in [4.69, 9.17) is 9.72 Å². The first-order valence-electron chi connectivity index (χ1n) is 11.4. The predicted molar refractivity (Wildman–Crippen MR) is 132 cm³/mol. The van der Waals surface area contributed by atoms with Gasteiger partial charge in [0.15, 0.2) is 0 Å². The highest BCUT2D eigenvalue weighted by Gasteiger charge is 2.35. The van der Waals surface area contributed by atoms with Crippen LogP contribution in [0.25, 0.3) is 11.0 Å². The van der Waals surface area contributed by atoms with Crippen molar-refractivity contribution in [2.75, 3.05) is 18.6 Å². The number of para-hydroxylation sites is 2. The minimum Gasteiger partial charge on any atom is -0.497 e. The molecule has 5 heteroatoms. The van der Waals surface area contributed by atoms with Crippen LogP contribution in [-0.2, 0) is 11.3 Å². The van der Waals surface area contributed by atoms with Gasteiger partial charge in [0.05, 0.1) is 18.1 Å². The number of carbonyl (C=O) groups excluding carboxylic acids is 1. The van der Waals surface area contributed by atoms with Crippen LogP contribution in [0.3, 0.4) is 0 Å². The molecule has 1 unspecified atom stereocenters. The van der Waals surface area contributed by atoms with Gasteiger partial charge in [-0.1, -0.05) is 35.9 Å². The largest absolute Gasteiger partial charge is 0.497 e. The summed E-state index contributed by atoms with van der Waals surface area (Å²) >= 11 is 0. The smallest absolute Gasteiger partial charge is 0.227 e. The standard InChI is InChI=1S/C28H29N3O2/c1-18-12-19(2)24(20(3)13-18)17-31-26-11-6-5-10-25(26)29-28(31)21-14-27(32)30(16-21)22-8-7-9-23(15-22)33-4/h5-13,15,21H,14,16-17H2,1-4H3. The number of fused-ring (bicyclic) bond motifs is 1. The number of aryl methyl sites for hydroxylation is 3. The van der Waals surface area contributed by atoms with Gasteiger partial charge in [-0.25, -0.2) is 4.98 Å². The molecule has 0 saturated carbocycles. The molecule has 0 bridgehead atoms. The third kappa shape index (κ3) is 3.88. The number of anilines is 1. The van der Waals surface area contributed by atoms with Gasteiger partial charge in [0, 0.05) is 37.2 Å². The Kier molecular flexibility index (Phi) is 5.41. The number of aromatic nitrogens is 2. The van der Waals surface area contributed by atoms with Crippen LogP contribution >= 0.6 is 0 Å². The summed E-state index contributed by atoms with van der Waals surface area (Å²) < 4.78 is 7.68. The fourth-order valence-electron chi connectivity index (χ4n) is 5.10. The van der Waals surface area contributed by atoms with Crippen LogP contribution in [0.5, 0.6) is 5.75 Å². The lowest BCUT2D eigenvalue weighted by atomic mass is 9.99. The molecule has 2 heterocycles. The topological polar surface area (TPSA) is 47.4 Å². The monoisotopic (exact) mass is 439 g/mol. The number of rotatable bonds is 5. The average Bonchev–Trinajstić information content (AvgIpc) is 3.36. The molecular formula is C28H29N3O2. The van der Waals surface area contributed by atoms with E-state index in [2.05, 4.69) is 55.7 Å². The molecular weight excluding hydrogens is 410 g/mol. The Balaban J connectivity index is 1.55. The molecule has 168 valence electrons. The van der Waals surface area contributed by atoms with Crippen molar-refractivity contribution >= 4 is 22.6 Å². The van der Waals surface area contributed by atoms with Crippen LogP contribution in [-0.4, -0.2) is 29.1 Å². The van der Waals surface area contributed by atoms with Gasteiger partial charge in [-0.3, -0.25) is 4.79 Å². The second kappa shape index (κ2) is 8.39. The highest BCUT2D eigenvalue weighted by Crippen LogP contribution is 2.35. The molecule has 1 fully saturated rings. The Labute approximate surface area is 194 Å². The number of hydrogen-bond acceptors (Lipinski definition) is 3. The molecule has 33 heavy (non-hydrogen) atoms. The molecule has 0 N–H and O–H groups in total. The van der Waals surface area contributed by atoms with Crippen molar-refractivity contribution in [3.05, 3.63) is 88.7 Å². The molecule has 1 amide bonds. The lowest BCUT2D eigenvalue weighted by molar-refractivity contribution is -0.117. The van der Waals surface area contributed by atoms with Crippen molar-refractivity contribution in [1.82, 2.24) is 9.55 Å². The lowest BCUT2D eigenvalue weighted by Gasteiger charge is -2.19. The quantitative estimate of drug-likeness (QED) is 0.410. The van der Waals surface area contributed by atoms with E-state index < -0.39 is 0 Å². The number of carbonyl (C=O) groups is 1. The fourth-order valence-corrected chi connectivity index (χ4v) is 5.10. The molecule has 5 rings (SSSR count). The van der Waals surface area contributed by atoms with E-state index in [0.717, 1.165) is 34.8 Å². The van der Waals surface area contributed by atoms with Crippen molar-refractivity contribution in [1.29, 1.82) is 0 Å². The number of imidazole rings is 1. The summed E-state index contributed by atoms with van der Waals surface area (Å²) in [7, 11) is 1.64. The minimum atomic E-state index is 0.0298. The first-order chi connectivity index (χ1) is 15.9. The summed E-state index contributed by atoms with van der Waals surface area (Å²) in [5.74, 6) is 1.88. The van der Waals surface area contributed by atoms with E-state index in [1.165, 1.54) is 22.3 Å². The number of methoxy groups -OCH3 is 1. The van der Waals surface area contributed by atoms with Crippen molar-refractivity contribution in [2.45, 2.75) is 39.7 Å². The average molecular weight is 440 g/mol. The number of amides is 1. The van der Waals surface area contributed by atoms with Crippen molar-refractivity contribution in [2.24, 2.45) is 0 Å². The Morgan fingerprint density at radius 3 is 2.52 bits per heavy atom. The van der Waals surface area contributed by atoms with Gasteiger partial charge in [-0.15, -0.1) is 0 Å². The summed E-state index contributed by atoms with van der Waals surface area (Å²) in [6, 6.07) is 20.4. The van der Waals surface area contributed by atoms with Gasteiger partial charge in [0.2, 0.25) is 5.91 Å². The Hall–Kier alpha value is -3.60. The summed E-state index contributed by atoms with van der Waals surface area (Å²) in [4.78, 5) is 19.9. The van der Waals surface area contributed by atoms with Gasteiger partial charge in [0.1, 0.15) is 11.6 Å². The Morgan fingerprint density at radius 1 is 1.00 bits per heavy atom. The fraction of sp³-hybridized carbons (Fsp3) is 0.286. The van der Waals surface area contributed by atoms with Crippen LogP contribution in [0.2, 0.25) is 0 Å². The van der Waals surface area contributed by atoms with Crippen LogP contribution in [0.15, 0.2) is 60.7 Å². The molecule has 1 atom stereocenters. The zero-order valence-electron chi connectivity index (χ0n) is 19.6. The van der Waals surface area contributed by atoms with Crippen molar-refractivity contribution in [3.8, 4) is 5.75 Å². The van der Waals surface area contributed by atoms with E-state index in [9.17, 15) is 4.79 Å². The van der Waals surface area contributed by atoms with Crippen LogP contribution < -0.4 is 9.64 Å². The highest BCUT2D eigenvalue weighted by atomic mass is 16.5. The molecule has 1 aliphatic rings. The first-order valence-corrected chi connectivity index (χ1v) is 11.4. The zero-order valence-corrected chi connectivity index (χ0v) is 19.6. The normalized spacial score (nSPS) is 16.1. The number of ether oxygens (including phenoxy) is 1. The van der Waals surface area contributed by atoms with E-state index in [-0.39, 0.29) is 11.8 Å². The van der Waals surface area contributed by atoms with E-state index in [1.54, 1.807) is 7.11 Å². The first kappa shape index (κ1) is 21.3. The Morgan fingerprint density at radius 2 is 1.76 bits per heavy atom. The highest BCUT2D eigenvalue weighted by molar-refractivity contribution is 5.96. The number of hydrogen-bond donors (Lipinski definition) is 0. The number of benzene rings is 3. The van der Waals surface area contributed by atoms with E-state index in [1.807, 2.05) is 35.2 Å². The zero-order chi connectivity index (χ0) is 23.1. The minimum absolute atomic E-state index is 0.0298. The maximum absolute atomic E-state index is 13.0. The maximum Gasteiger partial charge on any atom is 0.227 e. The molecule has 1 aromatic heterocycles. The van der Waals surface area contributed by atoms with E-state index >= 15 is 0 Å². The molecule has 5 nitrogen and oxygen atoms in total. The maximum atomic E-state index is 13.0. The summed E-state index contributed by atoms with van der Waals surface area (Å²) in [6.07, 6.45) is 0.451. The molecule has 1 aliphatic heterocycles. The second-order valence-electron chi connectivity index (χ2n) is 9.03. The molecule has 4 aromatic rings. The lowest BCUT2D eigenvalue weighted by Crippen LogP contribution is -2.24. The molecule has 0 aliphatic carbocycles. The molecule has 3 aromatic carbocycles. The van der Waals surface area contributed by atoms with Gasteiger partial charge >= 0.3 is 0 Å².